The first-order valence-electron chi connectivity index (χ1n) is 6.79. The van der Waals surface area contributed by atoms with Gasteiger partial charge in [-0.25, -0.2) is 14.2 Å². The fourth-order valence-corrected chi connectivity index (χ4v) is 2.93. The van der Waals surface area contributed by atoms with Crippen molar-refractivity contribution in [1.82, 2.24) is 9.88 Å². The monoisotopic (exact) mass is 324 g/mol. The van der Waals surface area contributed by atoms with Crippen molar-refractivity contribution in [3.63, 3.8) is 0 Å². The number of halogens is 1. The van der Waals surface area contributed by atoms with Crippen molar-refractivity contribution in [2.75, 3.05) is 26.7 Å². The number of aromatic carboxylic acids is 1. The molecule has 7 heteroatoms. The highest BCUT2D eigenvalue weighted by atomic mass is 32.1. The Labute approximate surface area is 131 Å². The smallest absolute Gasteiger partial charge is 0.348 e. The van der Waals surface area contributed by atoms with Crippen molar-refractivity contribution < 1.29 is 19.4 Å². The first kappa shape index (κ1) is 16.5. The van der Waals surface area contributed by atoms with Gasteiger partial charge < -0.3 is 15.1 Å². The van der Waals surface area contributed by atoms with Gasteiger partial charge in [-0.05, 0) is 19.2 Å². The molecule has 0 fully saturated rings. The Bertz CT molecular complexity index is 660. The summed E-state index contributed by atoms with van der Waals surface area (Å²) in [6.45, 7) is 1.28. The van der Waals surface area contributed by atoms with Gasteiger partial charge in [0, 0.05) is 25.1 Å². The Morgan fingerprint density at radius 3 is 2.82 bits per heavy atom. The van der Waals surface area contributed by atoms with Gasteiger partial charge in [-0.2, -0.15) is 0 Å². The lowest BCUT2D eigenvalue weighted by Crippen LogP contribution is -2.24. The van der Waals surface area contributed by atoms with Crippen molar-refractivity contribution in [3.8, 4) is 11.3 Å². The standard InChI is InChI=1S/C15H17FN2O3S/c1-18(7-8-19)6-5-12-17-13(14(22-12)15(20)21)10-3-2-4-11(16)9-10/h2-4,9,19H,5-8H2,1H3,(H,20,21). The molecule has 0 saturated heterocycles. The zero-order chi connectivity index (χ0) is 16.1. The maximum Gasteiger partial charge on any atom is 0.348 e. The number of likely N-dealkylation sites (N-methyl/N-ethyl adjacent to an activating group) is 1. The average Bonchev–Trinajstić information content (AvgIpc) is 2.90. The molecule has 2 rings (SSSR count). The molecule has 0 aliphatic carbocycles. The molecule has 0 unspecified atom stereocenters. The van der Waals surface area contributed by atoms with E-state index in [0.717, 1.165) is 11.3 Å². The Morgan fingerprint density at radius 2 is 2.18 bits per heavy atom. The van der Waals surface area contributed by atoms with E-state index in [1.165, 1.54) is 18.2 Å². The van der Waals surface area contributed by atoms with Crippen LogP contribution >= 0.6 is 11.3 Å². The van der Waals surface area contributed by atoms with Crippen LogP contribution < -0.4 is 0 Å². The van der Waals surface area contributed by atoms with Crippen molar-refractivity contribution in [1.29, 1.82) is 0 Å². The molecule has 22 heavy (non-hydrogen) atoms. The number of thiazole rings is 1. The molecular formula is C15H17FN2O3S. The Kier molecular flexibility index (Phi) is 5.59. The third-order valence-corrected chi connectivity index (χ3v) is 4.26. The summed E-state index contributed by atoms with van der Waals surface area (Å²) in [6.07, 6.45) is 0.580. The number of rotatable bonds is 7. The van der Waals surface area contributed by atoms with Crippen LogP contribution in [0.3, 0.4) is 0 Å². The number of aromatic nitrogens is 1. The molecule has 2 aromatic rings. The summed E-state index contributed by atoms with van der Waals surface area (Å²) in [5.74, 6) is -1.49. The number of carboxylic acids is 1. The molecule has 2 N–H and O–H groups in total. The van der Waals surface area contributed by atoms with E-state index in [2.05, 4.69) is 4.98 Å². The largest absolute Gasteiger partial charge is 0.477 e. The minimum atomic E-state index is -1.06. The van der Waals surface area contributed by atoms with Gasteiger partial charge in [0.05, 0.1) is 17.3 Å². The summed E-state index contributed by atoms with van der Waals surface area (Å²) in [5, 5.41) is 18.8. The normalized spacial score (nSPS) is 11.1. The maximum atomic E-state index is 13.3. The van der Waals surface area contributed by atoms with E-state index >= 15 is 0 Å². The molecule has 118 valence electrons. The highest BCUT2D eigenvalue weighted by Crippen LogP contribution is 2.29. The van der Waals surface area contributed by atoms with Gasteiger partial charge >= 0.3 is 5.97 Å². The second-order valence-corrected chi connectivity index (χ2v) is 5.96. The van der Waals surface area contributed by atoms with E-state index in [9.17, 15) is 14.3 Å². The number of carbonyl (C=O) groups is 1. The zero-order valence-corrected chi connectivity index (χ0v) is 12.9. The lowest BCUT2D eigenvalue weighted by Gasteiger charge is -2.13. The third kappa shape index (κ3) is 4.09. The van der Waals surface area contributed by atoms with Crippen molar-refractivity contribution >= 4 is 17.3 Å². The topological polar surface area (TPSA) is 73.7 Å². The van der Waals surface area contributed by atoms with Gasteiger partial charge in [0.15, 0.2) is 0 Å². The summed E-state index contributed by atoms with van der Waals surface area (Å²) >= 11 is 1.11. The number of benzene rings is 1. The SMILES string of the molecule is CN(CCO)CCc1nc(-c2cccc(F)c2)c(C(=O)O)s1. The Morgan fingerprint density at radius 1 is 1.41 bits per heavy atom. The molecule has 0 bridgehead atoms. The number of carboxylic acid groups (broad SMARTS) is 1. The molecule has 0 aliphatic rings. The van der Waals surface area contributed by atoms with Crippen LogP contribution in [-0.2, 0) is 6.42 Å². The van der Waals surface area contributed by atoms with Crippen LogP contribution in [0, 0.1) is 5.82 Å². The minimum Gasteiger partial charge on any atom is -0.477 e. The van der Waals surface area contributed by atoms with Crippen molar-refractivity contribution in [2.24, 2.45) is 0 Å². The van der Waals surface area contributed by atoms with Crippen LogP contribution in [0.5, 0.6) is 0 Å². The van der Waals surface area contributed by atoms with Gasteiger partial charge in [-0.3, -0.25) is 0 Å². The lowest BCUT2D eigenvalue weighted by molar-refractivity contribution is 0.0702. The van der Waals surface area contributed by atoms with E-state index in [-0.39, 0.29) is 11.5 Å². The fraction of sp³-hybridized carbons (Fsp3) is 0.333. The van der Waals surface area contributed by atoms with Crippen LogP contribution in [0.2, 0.25) is 0 Å². The molecular weight excluding hydrogens is 307 g/mol. The minimum absolute atomic E-state index is 0.0727. The zero-order valence-electron chi connectivity index (χ0n) is 12.1. The average molecular weight is 324 g/mol. The molecule has 0 aliphatic heterocycles. The lowest BCUT2D eigenvalue weighted by atomic mass is 10.1. The van der Waals surface area contributed by atoms with Crippen molar-refractivity contribution in [2.45, 2.75) is 6.42 Å². The number of nitrogens with zero attached hydrogens (tertiary/aromatic N) is 2. The number of hydrogen-bond acceptors (Lipinski definition) is 5. The van der Waals surface area contributed by atoms with E-state index in [0.29, 0.717) is 35.8 Å². The second kappa shape index (κ2) is 7.44. The third-order valence-electron chi connectivity index (χ3n) is 3.15. The van der Waals surface area contributed by atoms with Gasteiger partial charge in [0.1, 0.15) is 10.7 Å². The first-order chi connectivity index (χ1) is 10.5. The van der Waals surface area contributed by atoms with Crippen LogP contribution in [-0.4, -0.2) is 52.8 Å². The number of aliphatic hydroxyl groups is 1. The molecule has 0 saturated carbocycles. The first-order valence-corrected chi connectivity index (χ1v) is 7.61. The molecule has 0 spiro atoms. The van der Waals surface area contributed by atoms with Gasteiger partial charge in [0.2, 0.25) is 0 Å². The number of aliphatic hydroxyl groups excluding tert-OH is 1. The summed E-state index contributed by atoms with van der Waals surface area (Å²) < 4.78 is 13.3. The molecule has 0 radical (unpaired) electrons. The predicted molar refractivity (Wildman–Crippen MR) is 82.8 cm³/mol. The van der Waals surface area contributed by atoms with Crippen LogP contribution in [0.25, 0.3) is 11.3 Å². The van der Waals surface area contributed by atoms with Gasteiger partial charge in [-0.1, -0.05) is 12.1 Å². The molecule has 1 aromatic heterocycles. The van der Waals surface area contributed by atoms with Crippen LogP contribution in [0.1, 0.15) is 14.7 Å². The fourth-order valence-electron chi connectivity index (χ4n) is 2.02. The van der Waals surface area contributed by atoms with Gasteiger partial charge in [0.25, 0.3) is 0 Å². The van der Waals surface area contributed by atoms with Gasteiger partial charge in [-0.15, -0.1) is 11.3 Å². The summed E-state index contributed by atoms with van der Waals surface area (Å²) in [7, 11) is 1.87. The molecule has 0 amide bonds. The second-order valence-electron chi connectivity index (χ2n) is 4.88. The molecule has 1 aromatic carbocycles. The van der Waals surface area contributed by atoms with E-state index in [1.54, 1.807) is 6.07 Å². The predicted octanol–water partition coefficient (Wildman–Crippen LogP) is 2.11. The quantitative estimate of drug-likeness (QED) is 0.816. The highest BCUT2D eigenvalue weighted by Gasteiger charge is 2.19. The summed E-state index contributed by atoms with van der Waals surface area (Å²) in [6, 6.07) is 5.76. The molecule has 5 nitrogen and oxygen atoms in total. The molecule has 1 heterocycles. The number of hydrogen-bond donors (Lipinski definition) is 2. The Balaban J connectivity index is 2.24. The van der Waals surface area contributed by atoms with Crippen LogP contribution in [0.4, 0.5) is 4.39 Å². The Hall–Kier alpha value is -1.83. The van der Waals surface area contributed by atoms with E-state index in [4.69, 9.17) is 5.11 Å². The summed E-state index contributed by atoms with van der Waals surface area (Å²) in [4.78, 5) is 17.8. The maximum absolute atomic E-state index is 13.3. The van der Waals surface area contributed by atoms with Crippen LogP contribution in [0.15, 0.2) is 24.3 Å². The van der Waals surface area contributed by atoms with Crippen molar-refractivity contribution in [3.05, 3.63) is 40.0 Å². The highest BCUT2D eigenvalue weighted by molar-refractivity contribution is 7.14. The van der Waals surface area contributed by atoms with E-state index in [1.807, 2.05) is 11.9 Å². The summed E-state index contributed by atoms with van der Waals surface area (Å²) in [5.41, 5.74) is 0.764. The molecule has 0 atom stereocenters. The van der Waals surface area contributed by atoms with E-state index < -0.39 is 11.8 Å².